The minimum atomic E-state index is -0.828. The summed E-state index contributed by atoms with van der Waals surface area (Å²) in [6, 6.07) is 13.4. The van der Waals surface area contributed by atoms with E-state index in [9.17, 15) is 15.0 Å². The largest absolute Gasteiger partial charge is 0.497 e. The van der Waals surface area contributed by atoms with Gasteiger partial charge in [-0.3, -0.25) is 9.78 Å². The Kier molecular flexibility index (Phi) is 10.2. The second kappa shape index (κ2) is 13.4. The van der Waals surface area contributed by atoms with Gasteiger partial charge in [0.25, 0.3) is 0 Å². The lowest BCUT2D eigenvalue weighted by Gasteiger charge is -2.41. The summed E-state index contributed by atoms with van der Waals surface area (Å²) >= 11 is 14.5. The number of halogens is 2. The number of carbonyl (C=O) groups is 1. The number of aliphatic hydroxyl groups excluding tert-OH is 1. The first-order valence-corrected chi connectivity index (χ1v) is 14.7. The third kappa shape index (κ3) is 7.33. The first kappa shape index (κ1) is 29.0. The second-order valence-corrected chi connectivity index (χ2v) is 12.0. The maximum atomic E-state index is 11.8. The molecule has 1 atom stereocenters. The van der Waals surface area contributed by atoms with Gasteiger partial charge in [0.1, 0.15) is 5.75 Å². The van der Waals surface area contributed by atoms with Crippen LogP contribution in [0.3, 0.4) is 0 Å². The lowest BCUT2D eigenvalue weighted by atomic mass is 9.71. The van der Waals surface area contributed by atoms with Crippen molar-refractivity contribution in [2.75, 3.05) is 32.5 Å². The molecule has 204 valence electrons. The zero-order valence-electron chi connectivity index (χ0n) is 21.5. The third-order valence-electron chi connectivity index (χ3n) is 7.51. The Balaban J connectivity index is 1.35. The van der Waals surface area contributed by atoms with Crippen LogP contribution >= 0.6 is 35.0 Å². The van der Waals surface area contributed by atoms with Crippen LogP contribution in [0.4, 0.5) is 0 Å². The lowest BCUT2D eigenvalue weighted by molar-refractivity contribution is -0.141. The number of carboxylic acids is 1. The quantitative estimate of drug-likeness (QED) is 0.175. The van der Waals surface area contributed by atoms with E-state index in [4.69, 9.17) is 27.9 Å². The molecule has 0 unspecified atom stereocenters. The monoisotopic (exact) mass is 576 g/mol. The predicted molar refractivity (Wildman–Crippen MR) is 155 cm³/mol. The van der Waals surface area contributed by atoms with E-state index in [1.807, 2.05) is 42.5 Å². The van der Waals surface area contributed by atoms with Crippen molar-refractivity contribution in [2.45, 2.75) is 49.5 Å². The molecule has 0 saturated carbocycles. The molecule has 1 saturated heterocycles. The summed E-state index contributed by atoms with van der Waals surface area (Å²) in [6.07, 6.45) is 4.51. The maximum absolute atomic E-state index is 11.8. The molecule has 1 aliphatic heterocycles. The van der Waals surface area contributed by atoms with Crippen LogP contribution in [0.5, 0.6) is 5.75 Å². The summed E-state index contributed by atoms with van der Waals surface area (Å²) in [7, 11) is 1.59. The average Bonchev–Trinajstić information content (AvgIpc) is 2.91. The molecular formula is C29H34Cl2N2O4S. The highest BCUT2D eigenvalue weighted by Crippen LogP contribution is 2.43. The number of hydrogen-bond donors (Lipinski definition) is 2. The highest BCUT2D eigenvalue weighted by Gasteiger charge is 2.37. The summed E-state index contributed by atoms with van der Waals surface area (Å²) < 4.78 is 5.36. The number of pyridine rings is 1. The van der Waals surface area contributed by atoms with Gasteiger partial charge in [0, 0.05) is 22.0 Å². The second-order valence-electron chi connectivity index (χ2n) is 10.0. The van der Waals surface area contributed by atoms with E-state index in [0.29, 0.717) is 29.2 Å². The van der Waals surface area contributed by atoms with Crippen LogP contribution in [-0.4, -0.2) is 58.6 Å². The minimum absolute atomic E-state index is 0.106. The number of thioether (sulfide) groups is 1. The number of aliphatic carboxylic acids is 1. The van der Waals surface area contributed by atoms with Crippen molar-refractivity contribution in [3.63, 3.8) is 0 Å². The topological polar surface area (TPSA) is 82.9 Å². The van der Waals surface area contributed by atoms with E-state index in [1.165, 1.54) is 0 Å². The molecule has 0 radical (unpaired) electrons. The molecule has 6 nitrogen and oxygen atoms in total. The van der Waals surface area contributed by atoms with Crippen molar-refractivity contribution in [1.29, 1.82) is 0 Å². The van der Waals surface area contributed by atoms with E-state index in [0.717, 1.165) is 65.5 Å². The Hall–Kier alpha value is -2.03. The van der Waals surface area contributed by atoms with E-state index in [1.54, 1.807) is 25.1 Å². The Morgan fingerprint density at radius 2 is 1.95 bits per heavy atom. The van der Waals surface area contributed by atoms with Crippen LogP contribution in [0.2, 0.25) is 10.0 Å². The van der Waals surface area contributed by atoms with Gasteiger partial charge in [-0.05, 0) is 93.2 Å². The molecule has 9 heteroatoms. The van der Waals surface area contributed by atoms with E-state index < -0.39 is 12.1 Å². The smallest absolute Gasteiger partial charge is 0.303 e. The van der Waals surface area contributed by atoms with Crippen molar-refractivity contribution in [3.05, 3.63) is 64.3 Å². The van der Waals surface area contributed by atoms with Crippen LogP contribution in [-0.2, 0) is 4.79 Å². The van der Waals surface area contributed by atoms with Gasteiger partial charge in [-0.2, -0.15) is 0 Å². The number of benzene rings is 2. The fourth-order valence-electron chi connectivity index (χ4n) is 5.34. The average molecular weight is 578 g/mol. The molecule has 0 amide bonds. The van der Waals surface area contributed by atoms with Crippen molar-refractivity contribution in [3.8, 4) is 5.75 Å². The molecule has 1 fully saturated rings. The van der Waals surface area contributed by atoms with Crippen LogP contribution < -0.4 is 4.74 Å². The number of aromatic nitrogens is 1. The first-order valence-electron chi connectivity index (χ1n) is 12.9. The maximum Gasteiger partial charge on any atom is 0.303 e. The van der Waals surface area contributed by atoms with Crippen molar-refractivity contribution in [1.82, 2.24) is 9.88 Å². The summed E-state index contributed by atoms with van der Waals surface area (Å²) in [4.78, 5) is 19.7. The Morgan fingerprint density at radius 1 is 1.18 bits per heavy atom. The fraction of sp³-hybridized carbons (Fsp3) is 0.448. The van der Waals surface area contributed by atoms with Crippen LogP contribution in [0, 0.1) is 5.41 Å². The summed E-state index contributed by atoms with van der Waals surface area (Å²) in [5.74, 6) is 0.856. The number of aliphatic hydroxyl groups is 1. The van der Waals surface area contributed by atoms with Crippen molar-refractivity contribution in [2.24, 2.45) is 5.41 Å². The van der Waals surface area contributed by atoms with Gasteiger partial charge < -0.3 is 19.8 Å². The van der Waals surface area contributed by atoms with E-state index in [-0.39, 0.29) is 11.8 Å². The molecule has 2 aromatic carbocycles. The number of hydrogen-bond acceptors (Lipinski definition) is 6. The number of carboxylic acid groups (broad SMARTS) is 1. The van der Waals surface area contributed by atoms with Crippen molar-refractivity contribution >= 4 is 51.8 Å². The van der Waals surface area contributed by atoms with Crippen molar-refractivity contribution < 1.29 is 19.7 Å². The molecule has 3 aromatic rings. The zero-order chi connectivity index (χ0) is 27.1. The molecule has 38 heavy (non-hydrogen) atoms. The number of nitrogens with zero attached hydrogens (tertiary/aromatic N) is 2. The molecule has 0 spiro atoms. The molecule has 0 bridgehead atoms. The van der Waals surface area contributed by atoms with Crippen LogP contribution in [0.15, 0.2) is 53.6 Å². The highest BCUT2D eigenvalue weighted by atomic mass is 35.5. The molecule has 1 aliphatic rings. The van der Waals surface area contributed by atoms with Gasteiger partial charge in [0.2, 0.25) is 0 Å². The Labute approximate surface area is 238 Å². The SMILES string of the molecule is COc1ccc2ncc(Cl)c([C@H](O)CCC3(CC(=O)O)CCN(CCCSc4ccccc4Cl)CC3)c2c1. The summed E-state index contributed by atoms with van der Waals surface area (Å²) in [5, 5.41) is 22.9. The molecule has 2 N–H and O–H groups in total. The van der Waals surface area contributed by atoms with Gasteiger partial charge >= 0.3 is 5.97 Å². The fourth-order valence-corrected chi connectivity index (χ4v) is 6.79. The van der Waals surface area contributed by atoms with E-state index in [2.05, 4.69) is 9.88 Å². The predicted octanol–water partition coefficient (Wildman–Crippen LogP) is 7.10. The standard InChI is InChI=1S/C29H34Cl2N2O4S/c1-37-20-7-8-24-21(17-20)28(23(31)19-32-24)25(34)9-10-29(18-27(35)36)11-14-33(15-12-29)13-4-16-38-26-6-3-2-5-22(26)30/h2-3,5-8,17,19,25,34H,4,9-16,18H2,1H3,(H,35,36)/t25-/m1/s1. The molecule has 1 aromatic heterocycles. The Morgan fingerprint density at radius 3 is 2.66 bits per heavy atom. The van der Waals surface area contributed by atoms with Gasteiger partial charge in [-0.25, -0.2) is 0 Å². The highest BCUT2D eigenvalue weighted by molar-refractivity contribution is 7.99. The number of piperidine rings is 1. The number of fused-ring (bicyclic) bond motifs is 1. The van der Waals surface area contributed by atoms with Gasteiger partial charge in [0.15, 0.2) is 0 Å². The van der Waals surface area contributed by atoms with Gasteiger partial charge in [0.05, 0.1) is 35.2 Å². The number of rotatable bonds is 12. The molecule has 4 rings (SSSR count). The Bertz CT molecular complexity index is 1250. The molecular weight excluding hydrogens is 543 g/mol. The van der Waals surface area contributed by atoms with Crippen LogP contribution in [0.1, 0.15) is 50.2 Å². The van der Waals surface area contributed by atoms with Crippen LogP contribution in [0.25, 0.3) is 10.9 Å². The molecule has 0 aliphatic carbocycles. The minimum Gasteiger partial charge on any atom is -0.497 e. The molecule has 2 heterocycles. The number of ether oxygens (including phenoxy) is 1. The third-order valence-corrected chi connectivity index (χ3v) is 9.41. The normalized spacial score (nSPS) is 16.4. The number of likely N-dealkylation sites (tertiary alicyclic amines) is 1. The summed E-state index contributed by atoms with van der Waals surface area (Å²) in [5.41, 5.74) is 1.00. The van der Waals surface area contributed by atoms with Gasteiger partial charge in [-0.1, -0.05) is 35.3 Å². The summed E-state index contributed by atoms with van der Waals surface area (Å²) in [6.45, 7) is 2.69. The zero-order valence-corrected chi connectivity index (χ0v) is 23.9. The first-order chi connectivity index (χ1) is 18.3. The van der Waals surface area contributed by atoms with E-state index >= 15 is 0 Å². The number of methoxy groups -OCH3 is 1. The lowest BCUT2D eigenvalue weighted by Crippen LogP contribution is -2.41. The van der Waals surface area contributed by atoms with Gasteiger partial charge in [-0.15, -0.1) is 11.8 Å².